The molecule has 2 unspecified atom stereocenters. The van der Waals surface area contributed by atoms with E-state index in [1.165, 1.54) is 11.3 Å². The van der Waals surface area contributed by atoms with Crippen molar-refractivity contribution in [3.05, 3.63) is 23.2 Å². The molecule has 2 N–H and O–H groups in total. The topological polar surface area (TPSA) is 54.4 Å². The summed E-state index contributed by atoms with van der Waals surface area (Å²) >= 11 is 1.37. The number of aliphatic hydroxyl groups excluding tert-OH is 1. The Hall–Kier alpha value is -0.910. The van der Waals surface area contributed by atoms with E-state index in [2.05, 4.69) is 10.3 Å². The maximum Gasteiger partial charge on any atom is 0.273 e. The van der Waals surface area contributed by atoms with Crippen LogP contribution in [0.5, 0.6) is 5.19 Å². The molecule has 1 aliphatic rings. The number of rotatable bonds is 3. The number of nitrogens with one attached hydrogen (secondary N) is 1. The lowest BCUT2D eigenvalue weighted by atomic mass is 10.1. The van der Waals surface area contributed by atoms with Gasteiger partial charge in [-0.2, -0.15) is 0 Å². The average molecular weight is 212 g/mol. The van der Waals surface area contributed by atoms with Crippen LogP contribution in [0.2, 0.25) is 0 Å². The third-order valence-electron chi connectivity index (χ3n) is 2.12. The van der Waals surface area contributed by atoms with Gasteiger partial charge in [0.15, 0.2) is 0 Å². The summed E-state index contributed by atoms with van der Waals surface area (Å²) in [5.41, 5.74) is 0. The molecule has 0 radical (unpaired) electrons. The number of aliphatic hydroxyl groups is 1. The standard InChI is InChI=1S/C9H12N2O2S/c1-13-9-11-5-7(14-9)8(12)6-3-2-4-10-6/h2-3,5-6,8,10,12H,4H2,1H3. The minimum absolute atomic E-state index is 0.000145. The van der Waals surface area contributed by atoms with Gasteiger partial charge in [-0.3, -0.25) is 0 Å². The van der Waals surface area contributed by atoms with Crippen LogP contribution < -0.4 is 10.1 Å². The van der Waals surface area contributed by atoms with Crippen molar-refractivity contribution >= 4 is 11.3 Å². The van der Waals surface area contributed by atoms with E-state index in [9.17, 15) is 5.11 Å². The maximum atomic E-state index is 9.93. The van der Waals surface area contributed by atoms with Crippen molar-refractivity contribution < 1.29 is 9.84 Å². The number of hydrogen-bond donors (Lipinski definition) is 2. The summed E-state index contributed by atoms with van der Waals surface area (Å²) in [6.45, 7) is 0.817. The van der Waals surface area contributed by atoms with Crippen molar-refractivity contribution in [2.75, 3.05) is 13.7 Å². The monoisotopic (exact) mass is 212 g/mol. The highest BCUT2D eigenvalue weighted by Gasteiger charge is 2.22. The van der Waals surface area contributed by atoms with Gasteiger partial charge in [0.05, 0.1) is 18.0 Å². The molecule has 14 heavy (non-hydrogen) atoms. The van der Waals surface area contributed by atoms with Crippen molar-refractivity contribution in [3.63, 3.8) is 0 Å². The molecule has 0 saturated carbocycles. The van der Waals surface area contributed by atoms with Crippen molar-refractivity contribution in [1.82, 2.24) is 10.3 Å². The molecule has 0 spiro atoms. The Bertz CT molecular complexity index is 337. The van der Waals surface area contributed by atoms with E-state index in [-0.39, 0.29) is 6.04 Å². The van der Waals surface area contributed by atoms with Gasteiger partial charge in [-0.15, -0.1) is 0 Å². The molecule has 2 atom stereocenters. The summed E-state index contributed by atoms with van der Waals surface area (Å²) in [6.07, 6.45) is 5.10. The van der Waals surface area contributed by atoms with E-state index >= 15 is 0 Å². The van der Waals surface area contributed by atoms with Crippen LogP contribution in [0.15, 0.2) is 18.3 Å². The second-order valence-electron chi connectivity index (χ2n) is 3.04. The first-order valence-electron chi connectivity index (χ1n) is 4.39. The number of ether oxygens (including phenoxy) is 1. The van der Waals surface area contributed by atoms with Gasteiger partial charge in [-0.1, -0.05) is 23.5 Å². The van der Waals surface area contributed by atoms with Crippen LogP contribution >= 0.6 is 11.3 Å². The average Bonchev–Trinajstić information content (AvgIpc) is 2.88. The smallest absolute Gasteiger partial charge is 0.273 e. The van der Waals surface area contributed by atoms with Gasteiger partial charge in [0.1, 0.15) is 6.10 Å². The highest BCUT2D eigenvalue weighted by molar-refractivity contribution is 7.13. The lowest BCUT2D eigenvalue weighted by Crippen LogP contribution is -2.28. The Balaban J connectivity index is 2.09. The van der Waals surface area contributed by atoms with Gasteiger partial charge in [0.2, 0.25) is 0 Å². The number of methoxy groups -OCH3 is 1. The third-order valence-corrected chi connectivity index (χ3v) is 3.15. The Labute approximate surface area is 86.2 Å². The Morgan fingerprint density at radius 2 is 2.64 bits per heavy atom. The van der Waals surface area contributed by atoms with E-state index in [1.807, 2.05) is 12.2 Å². The first-order valence-corrected chi connectivity index (χ1v) is 5.20. The number of aromatic nitrogens is 1. The summed E-state index contributed by atoms with van der Waals surface area (Å²) in [5.74, 6) is 0. The molecule has 0 bridgehead atoms. The largest absolute Gasteiger partial charge is 0.473 e. The first kappa shape index (κ1) is 9.64. The van der Waals surface area contributed by atoms with Gasteiger partial charge >= 0.3 is 0 Å². The van der Waals surface area contributed by atoms with Crippen molar-refractivity contribution in [2.24, 2.45) is 0 Å². The zero-order chi connectivity index (χ0) is 9.97. The predicted molar refractivity (Wildman–Crippen MR) is 54.6 cm³/mol. The molecule has 1 aromatic rings. The van der Waals surface area contributed by atoms with Crippen LogP contribution in [-0.4, -0.2) is 29.8 Å². The van der Waals surface area contributed by atoms with Crippen LogP contribution in [0.4, 0.5) is 0 Å². The molecule has 1 aromatic heterocycles. The Morgan fingerprint density at radius 3 is 3.21 bits per heavy atom. The molecule has 2 heterocycles. The molecule has 0 fully saturated rings. The van der Waals surface area contributed by atoms with E-state index in [0.717, 1.165) is 11.4 Å². The molecule has 0 aromatic carbocycles. The summed E-state index contributed by atoms with van der Waals surface area (Å²) in [6, 6.07) is 0.000145. The van der Waals surface area contributed by atoms with Crippen LogP contribution in [0.1, 0.15) is 11.0 Å². The summed E-state index contributed by atoms with van der Waals surface area (Å²) < 4.78 is 4.97. The number of hydrogen-bond acceptors (Lipinski definition) is 5. The Morgan fingerprint density at radius 1 is 1.79 bits per heavy atom. The predicted octanol–water partition coefficient (Wildman–Crippen LogP) is 0.713. The molecule has 0 aliphatic carbocycles. The second kappa shape index (κ2) is 4.08. The van der Waals surface area contributed by atoms with E-state index in [1.54, 1.807) is 13.3 Å². The minimum Gasteiger partial charge on any atom is -0.473 e. The fraction of sp³-hybridized carbons (Fsp3) is 0.444. The number of nitrogens with zero attached hydrogens (tertiary/aromatic N) is 1. The Kier molecular flexibility index (Phi) is 2.81. The molecule has 2 rings (SSSR count). The van der Waals surface area contributed by atoms with Crippen molar-refractivity contribution in [3.8, 4) is 5.19 Å². The van der Waals surface area contributed by atoms with Crippen molar-refractivity contribution in [2.45, 2.75) is 12.1 Å². The van der Waals surface area contributed by atoms with Crippen LogP contribution in [0.3, 0.4) is 0 Å². The molecule has 0 saturated heterocycles. The lowest BCUT2D eigenvalue weighted by molar-refractivity contribution is 0.156. The number of thiazole rings is 1. The SMILES string of the molecule is COc1ncc(C(O)C2C=CCN2)s1. The van der Waals surface area contributed by atoms with Gasteiger partial charge in [-0.05, 0) is 0 Å². The highest BCUT2D eigenvalue weighted by Crippen LogP contribution is 2.28. The molecule has 0 amide bonds. The summed E-state index contributed by atoms with van der Waals surface area (Å²) in [5, 5.41) is 13.7. The van der Waals surface area contributed by atoms with E-state index in [4.69, 9.17) is 4.74 Å². The van der Waals surface area contributed by atoms with Gasteiger partial charge in [-0.25, -0.2) is 4.98 Å². The van der Waals surface area contributed by atoms with E-state index < -0.39 is 6.10 Å². The van der Waals surface area contributed by atoms with Crippen LogP contribution in [-0.2, 0) is 0 Å². The molecule has 1 aliphatic heterocycles. The first-order chi connectivity index (χ1) is 6.81. The molecule has 4 nitrogen and oxygen atoms in total. The molecular weight excluding hydrogens is 200 g/mol. The maximum absolute atomic E-state index is 9.93. The van der Waals surface area contributed by atoms with Gasteiger partial charge in [0.25, 0.3) is 5.19 Å². The van der Waals surface area contributed by atoms with Crippen LogP contribution in [0, 0.1) is 0 Å². The molecule has 5 heteroatoms. The second-order valence-corrected chi connectivity index (χ2v) is 4.06. The fourth-order valence-corrected chi connectivity index (χ4v) is 2.14. The fourth-order valence-electron chi connectivity index (χ4n) is 1.38. The van der Waals surface area contributed by atoms with Crippen molar-refractivity contribution in [1.29, 1.82) is 0 Å². The summed E-state index contributed by atoms with van der Waals surface area (Å²) in [4.78, 5) is 4.84. The molecular formula is C9H12N2O2S. The summed E-state index contributed by atoms with van der Waals surface area (Å²) in [7, 11) is 1.57. The zero-order valence-corrected chi connectivity index (χ0v) is 8.62. The lowest BCUT2D eigenvalue weighted by Gasteiger charge is -2.14. The zero-order valence-electron chi connectivity index (χ0n) is 7.80. The molecule has 76 valence electrons. The minimum atomic E-state index is -0.532. The normalized spacial score (nSPS) is 22.6. The van der Waals surface area contributed by atoms with E-state index in [0.29, 0.717) is 5.19 Å². The highest BCUT2D eigenvalue weighted by atomic mass is 32.1. The quantitative estimate of drug-likeness (QED) is 0.725. The van der Waals surface area contributed by atoms with Gasteiger partial charge in [0, 0.05) is 12.7 Å². The third kappa shape index (κ3) is 1.79. The van der Waals surface area contributed by atoms with Gasteiger partial charge < -0.3 is 15.2 Å². The van der Waals surface area contributed by atoms with Crippen LogP contribution in [0.25, 0.3) is 0 Å².